The van der Waals surface area contributed by atoms with Crippen molar-refractivity contribution in [3.63, 3.8) is 0 Å². The Morgan fingerprint density at radius 1 is 1.64 bits per heavy atom. The molecule has 0 saturated carbocycles. The van der Waals surface area contributed by atoms with E-state index < -0.39 is 17.4 Å². The average Bonchev–Trinajstić information content (AvgIpc) is 1.87. The predicted molar refractivity (Wildman–Crippen MR) is 40.8 cm³/mol. The molecule has 0 aromatic heterocycles. The van der Waals surface area contributed by atoms with Crippen LogP contribution in [0.25, 0.3) is 0 Å². The van der Waals surface area contributed by atoms with Crippen LogP contribution in [-0.2, 0) is 4.79 Å². The monoisotopic (exact) mass is 156 g/mol. The van der Waals surface area contributed by atoms with Crippen LogP contribution in [0.4, 0.5) is 4.39 Å². The van der Waals surface area contributed by atoms with Gasteiger partial charge < -0.3 is 5.11 Å². The Morgan fingerprint density at radius 3 is 2.45 bits per heavy atom. The average molecular weight is 156 g/mol. The number of hydrogen-bond donors (Lipinski definition) is 1. The number of carboxylic acid groups (broad SMARTS) is 1. The van der Waals surface area contributed by atoms with Gasteiger partial charge in [0.1, 0.15) is 5.83 Å². The van der Waals surface area contributed by atoms with Gasteiger partial charge in [-0.15, -0.1) is 0 Å². The van der Waals surface area contributed by atoms with Gasteiger partial charge in [-0.1, -0.05) is 18.7 Å². The van der Waals surface area contributed by atoms with Crippen LogP contribution >= 0.6 is 0 Å². The topological polar surface area (TPSA) is 37.3 Å². The van der Waals surface area contributed by atoms with Crippen molar-refractivity contribution < 1.29 is 14.3 Å². The number of halogens is 1. The minimum absolute atomic E-state index is 0.414. The van der Waals surface area contributed by atoms with Crippen LogP contribution < -0.4 is 0 Å². The third kappa shape index (κ3) is 3.35. The molecule has 11 heavy (non-hydrogen) atoms. The smallest absolute Gasteiger partial charge is 0.338 e. The maximum Gasteiger partial charge on any atom is 0.338 e. The fraction of sp³-hybridized carbons (Fsp3) is 0.125. The van der Waals surface area contributed by atoms with Crippen LogP contribution in [0.5, 0.6) is 0 Å². The second-order valence-electron chi connectivity index (χ2n) is 1.82. The van der Waals surface area contributed by atoms with Gasteiger partial charge in [0.05, 0.1) is 5.57 Å². The van der Waals surface area contributed by atoms with Crippen LogP contribution in [0, 0.1) is 0 Å². The summed E-state index contributed by atoms with van der Waals surface area (Å²) in [5.41, 5.74) is -0.414. The van der Waals surface area contributed by atoms with E-state index in [1.54, 1.807) is 13.0 Å². The van der Waals surface area contributed by atoms with Crippen LogP contribution in [0.1, 0.15) is 6.92 Å². The molecule has 0 aliphatic rings. The maximum absolute atomic E-state index is 12.3. The van der Waals surface area contributed by atoms with Crippen LogP contribution in [0.2, 0.25) is 0 Å². The summed E-state index contributed by atoms with van der Waals surface area (Å²) in [5.74, 6) is -2.24. The van der Waals surface area contributed by atoms with Gasteiger partial charge in [-0.05, 0) is 13.0 Å². The molecule has 1 N–H and O–H groups in total. The lowest BCUT2D eigenvalue weighted by Gasteiger charge is -1.93. The Kier molecular flexibility index (Phi) is 3.88. The molecule has 0 saturated heterocycles. The Labute approximate surface area is 64.3 Å². The Morgan fingerprint density at radius 2 is 2.18 bits per heavy atom. The number of hydrogen-bond acceptors (Lipinski definition) is 1. The summed E-state index contributed by atoms with van der Waals surface area (Å²) in [6, 6.07) is 0. The summed E-state index contributed by atoms with van der Waals surface area (Å²) >= 11 is 0. The van der Waals surface area contributed by atoms with Crippen LogP contribution in [0.3, 0.4) is 0 Å². The normalized spacial score (nSPS) is 12.0. The summed E-state index contributed by atoms with van der Waals surface area (Å²) < 4.78 is 12.3. The lowest BCUT2D eigenvalue weighted by Crippen LogP contribution is -1.99. The molecule has 0 radical (unpaired) electrons. The summed E-state index contributed by atoms with van der Waals surface area (Å²) in [7, 11) is 0. The van der Waals surface area contributed by atoms with Crippen molar-refractivity contribution in [1.29, 1.82) is 0 Å². The second kappa shape index (κ2) is 4.44. The summed E-state index contributed by atoms with van der Waals surface area (Å²) in [5, 5.41) is 8.37. The molecule has 60 valence electrons. The van der Waals surface area contributed by atoms with Crippen molar-refractivity contribution in [2.45, 2.75) is 6.92 Å². The Balaban J connectivity index is 4.60. The van der Waals surface area contributed by atoms with Crippen LogP contribution in [-0.4, -0.2) is 11.1 Å². The highest BCUT2D eigenvalue weighted by molar-refractivity contribution is 5.91. The summed E-state index contributed by atoms with van der Waals surface area (Å²) in [4.78, 5) is 10.2. The van der Waals surface area contributed by atoms with E-state index in [9.17, 15) is 9.18 Å². The van der Waals surface area contributed by atoms with Crippen molar-refractivity contribution in [2.24, 2.45) is 0 Å². The van der Waals surface area contributed by atoms with Gasteiger partial charge in [-0.2, -0.15) is 0 Å². The molecule has 0 amide bonds. The van der Waals surface area contributed by atoms with Crippen molar-refractivity contribution in [3.8, 4) is 0 Å². The van der Waals surface area contributed by atoms with Crippen molar-refractivity contribution in [2.75, 3.05) is 0 Å². The molecule has 0 unspecified atom stereocenters. The molecule has 0 atom stereocenters. The quantitative estimate of drug-likeness (QED) is 0.501. The highest BCUT2D eigenvalue weighted by Crippen LogP contribution is 2.08. The van der Waals surface area contributed by atoms with Gasteiger partial charge >= 0.3 is 5.97 Å². The molecular formula is C8H9FO2. The molecule has 0 rings (SSSR count). The molecule has 0 aromatic rings. The zero-order chi connectivity index (χ0) is 8.85. The molecule has 0 spiro atoms. The molecule has 0 heterocycles. The first-order valence-electron chi connectivity index (χ1n) is 3.00. The first-order valence-corrected chi connectivity index (χ1v) is 3.00. The third-order valence-electron chi connectivity index (χ3n) is 0.978. The zero-order valence-electron chi connectivity index (χ0n) is 6.17. The Bertz CT molecular complexity index is 210. The molecule has 0 fully saturated rings. The van der Waals surface area contributed by atoms with Gasteiger partial charge in [0.15, 0.2) is 0 Å². The van der Waals surface area contributed by atoms with Crippen LogP contribution in [0.15, 0.2) is 36.2 Å². The third-order valence-corrected chi connectivity index (χ3v) is 0.978. The van der Waals surface area contributed by atoms with E-state index in [-0.39, 0.29) is 0 Å². The molecule has 2 nitrogen and oxygen atoms in total. The van der Waals surface area contributed by atoms with E-state index in [1.807, 2.05) is 0 Å². The predicted octanol–water partition coefficient (Wildman–Crippen LogP) is 2.06. The zero-order valence-corrected chi connectivity index (χ0v) is 6.17. The highest BCUT2D eigenvalue weighted by Gasteiger charge is 2.08. The molecule has 0 aliphatic carbocycles. The van der Waals surface area contributed by atoms with Gasteiger partial charge in [0.25, 0.3) is 0 Å². The van der Waals surface area contributed by atoms with Gasteiger partial charge in [0, 0.05) is 0 Å². The molecular weight excluding hydrogens is 147 g/mol. The number of carboxylic acids is 1. The molecule has 0 aliphatic heterocycles. The highest BCUT2D eigenvalue weighted by atomic mass is 19.1. The summed E-state index contributed by atoms with van der Waals surface area (Å²) in [6.45, 7) is 4.59. The largest absolute Gasteiger partial charge is 0.478 e. The van der Waals surface area contributed by atoms with E-state index in [0.717, 1.165) is 6.08 Å². The minimum atomic E-state index is -1.31. The van der Waals surface area contributed by atoms with Gasteiger partial charge in [-0.3, -0.25) is 0 Å². The SMILES string of the molecule is C=C(F)/C(=C\C=C/C)C(=O)O. The first-order chi connectivity index (χ1) is 5.09. The minimum Gasteiger partial charge on any atom is -0.478 e. The van der Waals surface area contributed by atoms with E-state index in [0.29, 0.717) is 0 Å². The molecule has 3 heteroatoms. The van der Waals surface area contributed by atoms with E-state index >= 15 is 0 Å². The van der Waals surface area contributed by atoms with Gasteiger partial charge in [0.2, 0.25) is 0 Å². The van der Waals surface area contributed by atoms with E-state index in [1.165, 1.54) is 6.08 Å². The number of aliphatic carboxylic acids is 1. The molecule has 0 aromatic carbocycles. The number of carbonyl (C=O) groups is 1. The van der Waals surface area contributed by atoms with Crippen molar-refractivity contribution in [1.82, 2.24) is 0 Å². The number of rotatable bonds is 3. The van der Waals surface area contributed by atoms with Crippen molar-refractivity contribution >= 4 is 5.97 Å². The number of allylic oxidation sites excluding steroid dienone is 3. The first kappa shape index (κ1) is 9.62. The maximum atomic E-state index is 12.3. The van der Waals surface area contributed by atoms with E-state index in [4.69, 9.17) is 5.11 Å². The second-order valence-corrected chi connectivity index (χ2v) is 1.82. The van der Waals surface area contributed by atoms with Crippen molar-refractivity contribution in [3.05, 3.63) is 36.2 Å². The Hall–Kier alpha value is -1.38. The fourth-order valence-corrected chi connectivity index (χ4v) is 0.470. The molecule has 0 bridgehead atoms. The van der Waals surface area contributed by atoms with E-state index in [2.05, 4.69) is 6.58 Å². The lowest BCUT2D eigenvalue weighted by molar-refractivity contribution is -0.132. The standard InChI is InChI=1S/C8H9FO2/c1-3-4-5-7(6(2)9)8(10)11/h3-5H,2H2,1H3,(H,10,11)/b4-3-,7-5+. The lowest BCUT2D eigenvalue weighted by atomic mass is 10.2. The summed E-state index contributed by atoms with van der Waals surface area (Å²) in [6.07, 6.45) is 4.20. The van der Waals surface area contributed by atoms with Gasteiger partial charge in [-0.25, -0.2) is 9.18 Å². The fourth-order valence-electron chi connectivity index (χ4n) is 0.470.